The fourth-order valence-electron chi connectivity index (χ4n) is 3.57. The van der Waals surface area contributed by atoms with Crippen molar-refractivity contribution < 1.29 is 18.7 Å². The van der Waals surface area contributed by atoms with Gasteiger partial charge in [-0.25, -0.2) is 4.79 Å². The van der Waals surface area contributed by atoms with E-state index in [2.05, 4.69) is 17.4 Å². The van der Waals surface area contributed by atoms with Crippen molar-refractivity contribution in [2.45, 2.75) is 32.6 Å². The molecule has 3 aromatic rings. The van der Waals surface area contributed by atoms with Gasteiger partial charge in [0.25, 0.3) is 0 Å². The quantitative estimate of drug-likeness (QED) is 0.687. The van der Waals surface area contributed by atoms with E-state index >= 15 is 0 Å². The number of nitrogens with one attached hydrogen (secondary N) is 1. The first-order valence-electron chi connectivity index (χ1n) is 9.23. The molecule has 0 saturated heterocycles. The number of fused-ring (bicyclic) bond motifs is 2. The lowest BCUT2D eigenvalue weighted by Gasteiger charge is -2.06. The minimum absolute atomic E-state index is 0.123. The molecule has 138 valence electrons. The van der Waals surface area contributed by atoms with Crippen LogP contribution >= 0.6 is 0 Å². The third-order valence-electron chi connectivity index (χ3n) is 4.90. The summed E-state index contributed by atoms with van der Waals surface area (Å²) < 4.78 is 10.6. The van der Waals surface area contributed by atoms with Gasteiger partial charge in [0.1, 0.15) is 5.58 Å². The zero-order chi connectivity index (χ0) is 18.8. The maximum atomic E-state index is 12.4. The first kappa shape index (κ1) is 17.3. The van der Waals surface area contributed by atoms with Crippen LogP contribution < -0.4 is 5.32 Å². The largest absolute Gasteiger partial charge is 0.464 e. The molecule has 0 aliphatic heterocycles. The number of amides is 1. The molecule has 0 radical (unpaired) electrons. The predicted molar refractivity (Wildman–Crippen MR) is 103 cm³/mol. The SMILES string of the molecule is CCOC(=O)c1ccc(NC(=O)Cc2coc3cc4c(cc23)CCC4)cc1. The number of esters is 1. The van der Waals surface area contributed by atoms with Gasteiger partial charge in [0.15, 0.2) is 0 Å². The number of carbonyl (C=O) groups is 2. The molecule has 1 N–H and O–H groups in total. The predicted octanol–water partition coefficient (Wildman–Crippen LogP) is 4.28. The van der Waals surface area contributed by atoms with E-state index in [1.165, 1.54) is 17.5 Å². The summed E-state index contributed by atoms with van der Waals surface area (Å²) in [6.07, 6.45) is 5.28. The van der Waals surface area contributed by atoms with Crippen LogP contribution in [0.2, 0.25) is 0 Å². The zero-order valence-electron chi connectivity index (χ0n) is 15.2. The lowest BCUT2D eigenvalue weighted by Crippen LogP contribution is -2.14. The van der Waals surface area contributed by atoms with Crippen LogP contribution in [0.15, 0.2) is 47.1 Å². The molecule has 2 aromatic carbocycles. The van der Waals surface area contributed by atoms with E-state index in [-0.39, 0.29) is 18.3 Å². The molecule has 4 rings (SSSR count). The number of hydrogen-bond donors (Lipinski definition) is 1. The maximum Gasteiger partial charge on any atom is 0.338 e. The molecule has 5 nitrogen and oxygen atoms in total. The lowest BCUT2D eigenvalue weighted by atomic mass is 10.0. The molecule has 27 heavy (non-hydrogen) atoms. The summed E-state index contributed by atoms with van der Waals surface area (Å²) >= 11 is 0. The molecule has 0 spiro atoms. The summed E-state index contributed by atoms with van der Waals surface area (Å²) in [5.41, 5.74) is 5.55. The second-order valence-electron chi connectivity index (χ2n) is 6.75. The Labute approximate surface area is 157 Å². The van der Waals surface area contributed by atoms with Crippen LogP contribution in [-0.4, -0.2) is 18.5 Å². The molecule has 1 aromatic heterocycles. The molecular formula is C22H21NO4. The molecule has 0 unspecified atom stereocenters. The Morgan fingerprint density at radius 1 is 1.11 bits per heavy atom. The molecule has 1 amide bonds. The number of carbonyl (C=O) groups excluding carboxylic acids is 2. The number of furan rings is 1. The minimum atomic E-state index is -0.368. The molecule has 1 heterocycles. The van der Waals surface area contributed by atoms with Crippen LogP contribution in [0.25, 0.3) is 11.0 Å². The third-order valence-corrected chi connectivity index (χ3v) is 4.90. The molecular weight excluding hydrogens is 342 g/mol. The fraction of sp³-hybridized carbons (Fsp3) is 0.273. The van der Waals surface area contributed by atoms with Crippen molar-refractivity contribution in [3.63, 3.8) is 0 Å². The van der Waals surface area contributed by atoms with Crippen LogP contribution in [0.3, 0.4) is 0 Å². The van der Waals surface area contributed by atoms with Crippen LogP contribution in [0.5, 0.6) is 0 Å². The highest BCUT2D eigenvalue weighted by atomic mass is 16.5. The minimum Gasteiger partial charge on any atom is -0.464 e. The summed E-state index contributed by atoms with van der Waals surface area (Å²) in [5, 5.41) is 3.88. The van der Waals surface area contributed by atoms with Crippen molar-refractivity contribution in [1.82, 2.24) is 0 Å². The fourth-order valence-corrected chi connectivity index (χ4v) is 3.57. The second-order valence-corrected chi connectivity index (χ2v) is 6.75. The normalized spacial score (nSPS) is 12.8. The Morgan fingerprint density at radius 2 is 1.85 bits per heavy atom. The third kappa shape index (κ3) is 3.58. The highest BCUT2D eigenvalue weighted by Gasteiger charge is 2.17. The van der Waals surface area contributed by atoms with Gasteiger partial charge < -0.3 is 14.5 Å². The van der Waals surface area contributed by atoms with Crippen LogP contribution in [0.1, 0.15) is 40.4 Å². The summed E-state index contributed by atoms with van der Waals surface area (Å²) in [6.45, 7) is 2.10. The topological polar surface area (TPSA) is 68.5 Å². The zero-order valence-corrected chi connectivity index (χ0v) is 15.2. The standard InChI is InChI=1S/C22H21NO4/c1-2-26-22(25)14-6-8-18(9-7-14)23-21(24)12-17-13-27-20-11-16-5-3-4-15(16)10-19(17)20/h6-11,13H,2-5,12H2,1H3,(H,23,24). The van der Waals surface area contributed by atoms with E-state index in [4.69, 9.17) is 9.15 Å². The number of benzene rings is 2. The Morgan fingerprint density at radius 3 is 2.59 bits per heavy atom. The molecule has 1 aliphatic rings. The van der Waals surface area contributed by atoms with Crippen LogP contribution in [-0.2, 0) is 28.8 Å². The highest BCUT2D eigenvalue weighted by Crippen LogP contribution is 2.30. The Balaban J connectivity index is 1.45. The first-order valence-corrected chi connectivity index (χ1v) is 9.23. The average molecular weight is 363 g/mol. The van der Waals surface area contributed by atoms with E-state index < -0.39 is 0 Å². The number of ether oxygens (including phenoxy) is 1. The van der Waals surface area contributed by atoms with Crippen molar-refractivity contribution in [3.8, 4) is 0 Å². The molecule has 0 saturated carbocycles. The monoisotopic (exact) mass is 363 g/mol. The van der Waals surface area contributed by atoms with Gasteiger partial charge in [-0.15, -0.1) is 0 Å². The van der Waals surface area contributed by atoms with E-state index in [0.29, 0.717) is 17.9 Å². The summed E-state index contributed by atoms with van der Waals surface area (Å²) in [5.74, 6) is -0.491. The summed E-state index contributed by atoms with van der Waals surface area (Å²) in [6, 6.07) is 11.0. The molecule has 0 fully saturated rings. The van der Waals surface area contributed by atoms with Gasteiger partial charge in [0.2, 0.25) is 5.91 Å². The van der Waals surface area contributed by atoms with Crippen molar-refractivity contribution in [3.05, 3.63) is 64.9 Å². The van der Waals surface area contributed by atoms with Crippen molar-refractivity contribution in [2.24, 2.45) is 0 Å². The van der Waals surface area contributed by atoms with Gasteiger partial charge in [-0.2, -0.15) is 0 Å². The number of anilines is 1. The van der Waals surface area contributed by atoms with Gasteiger partial charge >= 0.3 is 5.97 Å². The van der Waals surface area contributed by atoms with Gasteiger partial charge in [-0.1, -0.05) is 0 Å². The first-order chi connectivity index (χ1) is 13.1. The molecule has 0 bridgehead atoms. The van der Waals surface area contributed by atoms with E-state index in [9.17, 15) is 9.59 Å². The van der Waals surface area contributed by atoms with Crippen molar-refractivity contribution in [2.75, 3.05) is 11.9 Å². The van der Waals surface area contributed by atoms with Gasteiger partial charge in [-0.05, 0) is 73.7 Å². The maximum absolute atomic E-state index is 12.4. The summed E-state index contributed by atoms with van der Waals surface area (Å²) in [7, 11) is 0. The van der Waals surface area contributed by atoms with Crippen LogP contribution in [0.4, 0.5) is 5.69 Å². The highest BCUT2D eigenvalue weighted by molar-refractivity contribution is 5.96. The van der Waals surface area contributed by atoms with Gasteiger partial charge in [0, 0.05) is 16.6 Å². The van der Waals surface area contributed by atoms with Gasteiger partial charge in [-0.3, -0.25) is 4.79 Å². The number of hydrogen-bond acceptors (Lipinski definition) is 4. The second kappa shape index (κ2) is 7.27. The molecule has 0 atom stereocenters. The van der Waals surface area contributed by atoms with Gasteiger partial charge in [0.05, 0.1) is 24.9 Å². The molecule has 5 heteroatoms. The Bertz CT molecular complexity index is 1000. The van der Waals surface area contributed by atoms with E-state index in [0.717, 1.165) is 29.4 Å². The summed E-state index contributed by atoms with van der Waals surface area (Å²) in [4.78, 5) is 24.1. The molecule has 1 aliphatic carbocycles. The van der Waals surface area contributed by atoms with Crippen molar-refractivity contribution in [1.29, 1.82) is 0 Å². The number of rotatable bonds is 5. The smallest absolute Gasteiger partial charge is 0.338 e. The average Bonchev–Trinajstić information content (AvgIpc) is 3.27. The number of aryl methyl sites for hydroxylation is 2. The Hall–Kier alpha value is -3.08. The van der Waals surface area contributed by atoms with E-state index in [1.807, 2.05) is 0 Å². The lowest BCUT2D eigenvalue weighted by molar-refractivity contribution is -0.115. The Kier molecular flexibility index (Phi) is 4.67. The van der Waals surface area contributed by atoms with E-state index in [1.54, 1.807) is 37.5 Å². The van der Waals surface area contributed by atoms with Crippen molar-refractivity contribution >= 4 is 28.5 Å². The van der Waals surface area contributed by atoms with Crippen LogP contribution in [0, 0.1) is 0 Å².